The summed E-state index contributed by atoms with van der Waals surface area (Å²) >= 11 is 1.12. The Labute approximate surface area is 137 Å². The van der Waals surface area contributed by atoms with E-state index in [-0.39, 0.29) is 16.4 Å². The van der Waals surface area contributed by atoms with E-state index in [1.807, 2.05) is 0 Å². The molecule has 0 saturated carbocycles. The summed E-state index contributed by atoms with van der Waals surface area (Å²) < 4.78 is 40.3. The van der Waals surface area contributed by atoms with E-state index in [2.05, 4.69) is 5.32 Å². The van der Waals surface area contributed by atoms with Crippen molar-refractivity contribution in [3.63, 3.8) is 0 Å². The Balaban J connectivity index is 1.82. The summed E-state index contributed by atoms with van der Waals surface area (Å²) in [5.41, 5.74) is 0.0536. The standard InChI is InChI=1S/C15H15FN2O3S2/c16-11-5-1-2-6-12(11)17-15(19)13-7-3-9-18(13)23(20,21)14-8-4-10-22-14/h1-2,4-6,8,10,13H,3,7,9H2,(H,17,19). The van der Waals surface area contributed by atoms with Gasteiger partial charge in [0.25, 0.3) is 10.0 Å². The fraction of sp³-hybridized carbons (Fsp3) is 0.267. The number of nitrogens with zero attached hydrogens (tertiary/aromatic N) is 1. The highest BCUT2D eigenvalue weighted by Gasteiger charge is 2.40. The van der Waals surface area contributed by atoms with Gasteiger partial charge in [0.2, 0.25) is 5.91 Å². The summed E-state index contributed by atoms with van der Waals surface area (Å²) in [6, 6.07) is 8.17. The molecule has 0 radical (unpaired) electrons. The van der Waals surface area contributed by atoms with Crippen molar-refractivity contribution < 1.29 is 17.6 Å². The minimum atomic E-state index is -3.69. The molecule has 1 aromatic heterocycles. The molecule has 0 bridgehead atoms. The first-order valence-electron chi connectivity index (χ1n) is 7.11. The van der Waals surface area contributed by atoms with Crippen LogP contribution < -0.4 is 5.32 Å². The average molecular weight is 354 g/mol. The lowest BCUT2D eigenvalue weighted by molar-refractivity contribution is -0.119. The molecule has 1 N–H and O–H groups in total. The van der Waals surface area contributed by atoms with Crippen molar-refractivity contribution in [1.29, 1.82) is 0 Å². The van der Waals surface area contributed by atoms with Gasteiger partial charge in [0.15, 0.2) is 0 Å². The number of carbonyl (C=O) groups is 1. The van der Waals surface area contributed by atoms with Crippen LogP contribution in [0.2, 0.25) is 0 Å². The predicted octanol–water partition coefficient (Wildman–Crippen LogP) is 2.68. The fourth-order valence-corrected chi connectivity index (χ4v) is 5.37. The summed E-state index contributed by atoms with van der Waals surface area (Å²) in [6.45, 7) is 0.287. The summed E-state index contributed by atoms with van der Waals surface area (Å²) in [5.74, 6) is -1.06. The predicted molar refractivity (Wildman–Crippen MR) is 86.3 cm³/mol. The Hall–Kier alpha value is -1.77. The molecule has 1 amide bonds. The van der Waals surface area contributed by atoms with E-state index < -0.39 is 27.8 Å². The molecule has 1 aliphatic rings. The maximum Gasteiger partial charge on any atom is 0.253 e. The third kappa shape index (κ3) is 3.15. The van der Waals surface area contributed by atoms with Crippen LogP contribution in [-0.2, 0) is 14.8 Å². The molecule has 2 aromatic rings. The first kappa shape index (κ1) is 16.1. The number of hydrogen-bond acceptors (Lipinski definition) is 4. The second-order valence-electron chi connectivity index (χ2n) is 5.17. The molecule has 5 nitrogen and oxygen atoms in total. The number of nitrogens with one attached hydrogen (secondary N) is 1. The van der Waals surface area contributed by atoms with E-state index in [0.717, 1.165) is 11.3 Å². The van der Waals surface area contributed by atoms with Gasteiger partial charge in [-0.15, -0.1) is 11.3 Å². The Morgan fingerprint density at radius 2 is 2.04 bits per heavy atom. The van der Waals surface area contributed by atoms with E-state index in [9.17, 15) is 17.6 Å². The van der Waals surface area contributed by atoms with Crippen LogP contribution in [0.15, 0.2) is 46.0 Å². The number of carbonyl (C=O) groups excluding carboxylic acids is 1. The van der Waals surface area contributed by atoms with Crippen LogP contribution in [0.25, 0.3) is 0 Å². The molecule has 1 saturated heterocycles. The zero-order valence-corrected chi connectivity index (χ0v) is 13.7. The normalized spacial score (nSPS) is 18.9. The lowest BCUT2D eigenvalue weighted by atomic mass is 10.2. The smallest absolute Gasteiger partial charge is 0.253 e. The average Bonchev–Trinajstić information content (AvgIpc) is 3.21. The molecule has 1 fully saturated rings. The van der Waals surface area contributed by atoms with Crippen LogP contribution in [0.3, 0.4) is 0 Å². The second-order valence-corrected chi connectivity index (χ2v) is 8.24. The lowest BCUT2D eigenvalue weighted by Crippen LogP contribution is -2.42. The minimum absolute atomic E-state index is 0.0536. The molecule has 0 spiro atoms. The zero-order valence-electron chi connectivity index (χ0n) is 12.1. The van der Waals surface area contributed by atoms with E-state index in [0.29, 0.717) is 12.8 Å². The summed E-state index contributed by atoms with van der Waals surface area (Å²) in [7, 11) is -3.69. The maximum absolute atomic E-state index is 13.6. The summed E-state index contributed by atoms with van der Waals surface area (Å²) in [4.78, 5) is 12.4. The van der Waals surface area contributed by atoms with Gasteiger partial charge in [-0.25, -0.2) is 12.8 Å². The highest BCUT2D eigenvalue weighted by Crippen LogP contribution is 2.29. The van der Waals surface area contributed by atoms with E-state index in [4.69, 9.17) is 0 Å². The van der Waals surface area contributed by atoms with Crippen LogP contribution >= 0.6 is 11.3 Å². The number of para-hydroxylation sites is 1. The van der Waals surface area contributed by atoms with Gasteiger partial charge in [-0.1, -0.05) is 18.2 Å². The van der Waals surface area contributed by atoms with Gasteiger partial charge in [0.05, 0.1) is 5.69 Å². The van der Waals surface area contributed by atoms with Crippen molar-refractivity contribution in [2.24, 2.45) is 0 Å². The Bertz CT molecular complexity index is 806. The van der Waals surface area contributed by atoms with Gasteiger partial charge in [-0.2, -0.15) is 4.31 Å². The van der Waals surface area contributed by atoms with E-state index in [1.54, 1.807) is 17.5 Å². The molecule has 23 heavy (non-hydrogen) atoms. The molecule has 1 unspecified atom stereocenters. The minimum Gasteiger partial charge on any atom is -0.322 e. The number of amides is 1. The summed E-state index contributed by atoms with van der Waals surface area (Å²) in [6.07, 6.45) is 1.02. The van der Waals surface area contributed by atoms with Crippen LogP contribution in [0.5, 0.6) is 0 Å². The molecular weight excluding hydrogens is 339 g/mol. The van der Waals surface area contributed by atoms with Gasteiger partial charge >= 0.3 is 0 Å². The van der Waals surface area contributed by atoms with Crippen molar-refractivity contribution >= 4 is 33.0 Å². The van der Waals surface area contributed by atoms with Gasteiger partial charge in [0.1, 0.15) is 16.1 Å². The molecule has 2 heterocycles. The highest BCUT2D eigenvalue weighted by atomic mass is 32.2. The van der Waals surface area contributed by atoms with Crippen LogP contribution in [0, 0.1) is 5.82 Å². The second kappa shape index (κ2) is 6.38. The van der Waals surface area contributed by atoms with Gasteiger partial charge < -0.3 is 5.32 Å². The van der Waals surface area contributed by atoms with Gasteiger partial charge in [-0.3, -0.25) is 4.79 Å². The summed E-state index contributed by atoms with van der Waals surface area (Å²) in [5, 5.41) is 4.16. The van der Waals surface area contributed by atoms with Gasteiger partial charge in [-0.05, 0) is 36.4 Å². The van der Waals surface area contributed by atoms with E-state index in [1.165, 1.54) is 28.6 Å². The molecule has 1 atom stereocenters. The van der Waals surface area contributed by atoms with Crippen molar-refractivity contribution in [2.75, 3.05) is 11.9 Å². The highest BCUT2D eigenvalue weighted by molar-refractivity contribution is 7.91. The number of halogens is 1. The Morgan fingerprint density at radius 1 is 1.26 bits per heavy atom. The number of benzene rings is 1. The van der Waals surface area contributed by atoms with E-state index >= 15 is 0 Å². The third-order valence-electron chi connectivity index (χ3n) is 3.70. The van der Waals surface area contributed by atoms with Crippen molar-refractivity contribution in [3.8, 4) is 0 Å². The number of anilines is 1. The topological polar surface area (TPSA) is 66.5 Å². The monoisotopic (exact) mass is 354 g/mol. The molecule has 0 aliphatic carbocycles. The quantitative estimate of drug-likeness (QED) is 0.918. The fourth-order valence-electron chi connectivity index (χ4n) is 2.59. The Morgan fingerprint density at radius 3 is 2.74 bits per heavy atom. The SMILES string of the molecule is O=C(Nc1ccccc1F)C1CCCN1S(=O)(=O)c1cccs1. The number of thiophene rings is 1. The molecule has 1 aromatic carbocycles. The molecule has 3 rings (SSSR count). The third-order valence-corrected chi connectivity index (χ3v) is 6.98. The van der Waals surface area contributed by atoms with Crippen molar-refractivity contribution in [2.45, 2.75) is 23.1 Å². The molecule has 1 aliphatic heterocycles. The largest absolute Gasteiger partial charge is 0.322 e. The van der Waals surface area contributed by atoms with Crippen LogP contribution in [0.1, 0.15) is 12.8 Å². The number of sulfonamides is 1. The number of hydrogen-bond donors (Lipinski definition) is 1. The first-order chi connectivity index (χ1) is 11.0. The first-order valence-corrected chi connectivity index (χ1v) is 9.43. The molecule has 8 heteroatoms. The van der Waals surface area contributed by atoms with Crippen molar-refractivity contribution in [3.05, 3.63) is 47.6 Å². The molecular formula is C15H15FN2O3S2. The maximum atomic E-state index is 13.6. The van der Waals surface area contributed by atoms with Gasteiger partial charge in [0, 0.05) is 6.54 Å². The van der Waals surface area contributed by atoms with Crippen LogP contribution in [-0.4, -0.2) is 31.2 Å². The Kier molecular flexibility index (Phi) is 4.47. The van der Waals surface area contributed by atoms with Crippen molar-refractivity contribution in [1.82, 2.24) is 4.31 Å². The van der Waals surface area contributed by atoms with Crippen LogP contribution in [0.4, 0.5) is 10.1 Å². The number of rotatable bonds is 4. The lowest BCUT2D eigenvalue weighted by Gasteiger charge is -2.22. The zero-order chi connectivity index (χ0) is 16.4. The molecule has 122 valence electrons.